The Morgan fingerprint density at radius 1 is 1.42 bits per heavy atom. The Morgan fingerprint density at radius 3 is 2.53 bits per heavy atom. The van der Waals surface area contributed by atoms with Gasteiger partial charge in [-0.25, -0.2) is 4.98 Å². The van der Waals surface area contributed by atoms with Crippen LogP contribution < -0.4 is 5.32 Å². The Kier molecular flexibility index (Phi) is 5.60. The zero-order valence-corrected chi connectivity index (χ0v) is 12.7. The Bertz CT molecular complexity index is 439. The number of aromatic nitrogens is 1. The number of pyridine rings is 1. The lowest BCUT2D eigenvalue weighted by Gasteiger charge is -2.29. The molecule has 1 N–H and O–H groups in total. The topological polar surface area (TPSA) is 68.1 Å². The third kappa shape index (κ3) is 3.83. The molecule has 0 aliphatic carbocycles. The highest BCUT2D eigenvalue weighted by molar-refractivity contribution is 8.00. The van der Waals surface area contributed by atoms with E-state index in [1.807, 2.05) is 6.92 Å². The van der Waals surface area contributed by atoms with Crippen LogP contribution in [0.5, 0.6) is 0 Å². The number of nitro groups is 1. The van der Waals surface area contributed by atoms with E-state index in [0.717, 1.165) is 18.5 Å². The standard InChI is InChI=1S/C13H21N3O2S/c1-5-13(6-2,19-4)9-14-12-11(16(17)18)8-7-10(3)15-12/h7-8H,5-6,9H2,1-4H3,(H,14,15). The molecule has 0 aliphatic heterocycles. The number of rotatable bonds is 7. The van der Waals surface area contributed by atoms with Crippen LogP contribution in [0.2, 0.25) is 0 Å². The van der Waals surface area contributed by atoms with Gasteiger partial charge in [-0.05, 0) is 32.1 Å². The second-order valence-electron chi connectivity index (χ2n) is 4.53. The van der Waals surface area contributed by atoms with Gasteiger partial charge in [0.15, 0.2) is 0 Å². The summed E-state index contributed by atoms with van der Waals surface area (Å²) in [6, 6.07) is 3.16. The molecule has 19 heavy (non-hydrogen) atoms. The van der Waals surface area contributed by atoms with Crippen LogP contribution in [0.1, 0.15) is 32.4 Å². The molecule has 1 aromatic rings. The van der Waals surface area contributed by atoms with Crippen molar-refractivity contribution < 1.29 is 4.92 Å². The molecule has 0 unspecified atom stereocenters. The SMILES string of the molecule is CCC(CC)(CNc1nc(C)ccc1[N+](=O)[O-])SC. The number of hydrogen-bond donors (Lipinski definition) is 1. The lowest BCUT2D eigenvalue weighted by atomic mass is 10.0. The number of hydrogen-bond acceptors (Lipinski definition) is 5. The molecule has 6 heteroatoms. The van der Waals surface area contributed by atoms with Gasteiger partial charge in [0.1, 0.15) is 0 Å². The lowest BCUT2D eigenvalue weighted by Crippen LogP contribution is -2.32. The van der Waals surface area contributed by atoms with Gasteiger partial charge in [0.05, 0.1) is 4.92 Å². The van der Waals surface area contributed by atoms with Gasteiger partial charge in [-0.1, -0.05) is 13.8 Å². The van der Waals surface area contributed by atoms with Gasteiger partial charge in [-0.2, -0.15) is 11.8 Å². The first-order chi connectivity index (χ1) is 8.98. The van der Waals surface area contributed by atoms with Gasteiger partial charge < -0.3 is 5.32 Å². The van der Waals surface area contributed by atoms with Crippen LogP contribution >= 0.6 is 11.8 Å². The zero-order valence-electron chi connectivity index (χ0n) is 11.9. The van der Waals surface area contributed by atoms with E-state index in [1.54, 1.807) is 17.8 Å². The summed E-state index contributed by atoms with van der Waals surface area (Å²) in [5, 5.41) is 14.1. The highest BCUT2D eigenvalue weighted by Crippen LogP contribution is 2.31. The average Bonchev–Trinajstić information content (AvgIpc) is 2.40. The van der Waals surface area contributed by atoms with Crippen molar-refractivity contribution in [3.8, 4) is 0 Å². The number of anilines is 1. The molecule has 0 spiro atoms. The summed E-state index contributed by atoms with van der Waals surface area (Å²) < 4.78 is 0.0965. The van der Waals surface area contributed by atoms with Crippen LogP contribution in [0.25, 0.3) is 0 Å². The van der Waals surface area contributed by atoms with Crippen LogP contribution in [-0.2, 0) is 0 Å². The molecular weight excluding hydrogens is 262 g/mol. The molecule has 1 rings (SSSR count). The molecule has 0 saturated carbocycles. The van der Waals surface area contributed by atoms with Gasteiger partial charge in [-0.15, -0.1) is 0 Å². The predicted molar refractivity (Wildman–Crippen MR) is 80.9 cm³/mol. The summed E-state index contributed by atoms with van der Waals surface area (Å²) >= 11 is 1.79. The lowest BCUT2D eigenvalue weighted by molar-refractivity contribution is -0.384. The van der Waals surface area contributed by atoms with Crippen LogP contribution in [0.4, 0.5) is 11.5 Å². The number of aryl methyl sites for hydroxylation is 1. The van der Waals surface area contributed by atoms with Crippen LogP contribution in [-0.4, -0.2) is 27.5 Å². The minimum absolute atomic E-state index is 0.0350. The maximum atomic E-state index is 11.0. The molecule has 0 fully saturated rings. The van der Waals surface area contributed by atoms with Crippen molar-refractivity contribution in [2.45, 2.75) is 38.4 Å². The third-order valence-corrected chi connectivity index (χ3v) is 5.10. The fraction of sp³-hybridized carbons (Fsp3) is 0.615. The monoisotopic (exact) mass is 283 g/mol. The molecule has 0 aliphatic rings. The van der Waals surface area contributed by atoms with E-state index in [1.165, 1.54) is 6.07 Å². The smallest absolute Gasteiger partial charge is 0.311 e. The number of nitrogens with zero attached hydrogens (tertiary/aromatic N) is 2. The first-order valence-electron chi connectivity index (χ1n) is 6.39. The van der Waals surface area contributed by atoms with Crippen molar-refractivity contribution in [3.05, 3.63) is 27.9 Å². The van der Waals surface area contributed by atoms with Crippen molar-refractivity contribution in [1.29, 1.82) is 0 Å². The van der Waals surface area contributed by atoms with Crippen LogP contribution in [0, 0.1) is 17.0 Å². The average molecular weight is 283 g/mol. The quantitative estimate of drug-likeness (QED) is 0.611. The molecule has 5 nitrogen and oxygen atoms in total. The largest absolute Gasteiger partial charge is 0.363 e. The molecule has 1 heterocycles. The van der Waals surface area contributed by atoms with E-state index in [9.17, 15) is 10.1 Å². The summed E-state index contributed by atoms with van der Waals surface area (Å²) in [5.74, 6) is 0.366. The Hall–Kier alpha value is -1.30. The summed E-state index contributed by atoms with van der Waals surface area (Å²) in [7, 11) is 0. The summed E-state index contributed by atoms with van der Waals surface area (Å²) in [6.07, 6.45) is 4.10. The molecule has 106 valence electrons. The first-order valence-corrected chi connectivity index (χ1v) is 7.61. The van der Waals surface area contributed by atoms with E-state index in [2.05, 4.69) is 30.4 Å². The third-order valence-electron chi connectivity index (χ3n) is 3.51. The molecule has 0 bridgehead atoms. The fourth-order valence-electron chi connectivity index (χ4n) is 1.93. The molecule has 0 saturated heterocycles. The molecule has 0 aromatic carbocycles. The van der Waals surface area contributed by atoms with Crippen molar-refractivity contribution in [3.63, 3.8) is 0 Å². The maximum Gasteiger partial charge on any atom is 0.311 e. The van der Waals surface area contributed by atoms with Gasteiger partial charge in [-0.3, -0.25) is 10.1 Å². The highest BCUT2D eigenvalue weighted by Gasteiger charge is 2.26. The van der Waals surface area contributed by atoms with Gasteiger partial charge in [0.2, 0.25) is 5.82 Å². The number of nitrogens with one attached hydrogen (secondary N) is 1. The molecule has 1 aromatic heterocycles. The second-order valence-corrected chi connectivity index (χ2v) is 5.80. The summed E-state index contributed by atoms with van der Waals surface area (Å²) in [4.78, 5) is 14.8. The van der Waals surface area contributed by atoms with Crippen molar-refractivity contribution >= 4 is 23.3 Å². The summed E-state index contributed by atoms with van der Waals surface area (Å²) in [6.45, 7) is 6.79. The van der Waals surface area contributed by atoms with Crippen LogP contribution in [0.15, 0.2) is 12.1 Å². The second kappa shape index (κ2) is 6.75. The molecule has 0 amide bonds. The highest BCUT2D eigenvalue weighted by atomic mass is 32.2. The Balaban J connectivity index is 2.93. The van der Waals surface area contributed by atoms with E-state index >= 15 is 0 Å². The predicted octanol–water partition coefficient (Wildman–Crippen LogP) is 3.63. The first kappa shape index (κ1) is 15.8. The van der Waals surface area contributed by atoms with E-state index < -0.39 is 4.92 Å². The van der Waals surface area contributed by atoms with Crippen molar-refractivity contribution in [2.24, 2.45) is 0 Å². The number of thioether (sulfide) groups is 1. The Morgan fingerprint density at radius 2 is 2.05 bits per heavy atom. The van der Waals surface area contributed by atoms with Gasteiger partial charge in [0, 0.05) is 23.1 Å². The normalized spacial score (nSPS) is 11.4. The Labute approximate surface area is 118 Å². The van der Waals surface area contributed by atoms with E-state index in [4.69, 9.17) is 0 Å². The van der Waals surface area contributed by atoms with E-state index in [-0.39, 0.29) is 10.4 Å². The maximum absolute atomic E-state index is 11.0. The van der Waals surface area contributed by atoms with Gasteiger partial charge >= 0.3 is 5.69 Å². The minimum Gasteiger partial charge on any atom is -0.363 e. The van der Waals surface area contributed by atoms with Crippen molar-refractivity contribution in [2.75, 3.05) is 18.1 Å². The minimum atomic E-state index is -0.395. The van der Waals surface area contributed by atoms with Gasteiger partial charge in [0.25, 0.3) is 0 Å². The van der Waals surface area contributed by atoms with Crippen LogP contribution in [0.3, 0.4) is 0 Å². The van der Waals surface area contributed by atoms with Crippen molar-refractivity contribution in [1.82, 2.24) is 4.98 Å². The molecule has 0 radical (unpaired) electrons. The zero-order chi connectivity index (χ0) is 14.5. The fourth-order valence-corrected chi connectivity index (χ4v) is 2.73. The molecule has 0 atom stereocenters. The molecular formula is C13H21N3O2S. The van der Waals surface area contributed by atoms with E-state index in [0.29, 0.717) is 12.4 Å². The summed E-state index contributed by atoms with van der Waals surface area (Å²) in [5.41, 5.74) is 0.809.